The summed E-state index contributed by atoms with van der Waals surface area (Å²) in [4.78, 5) is 62.6. The van der Waals surface area contributed by atoms with E-state index in [9.17, 15) is 58.8 Å². The summed E-state index contributed by atoms with van der Waals surface area (Å²) in [7, 11) is -10.4. The van der Waals surface area contributed by atoms with Gasteiger partial charge in [-0.2, -0.15) is 0 Å². The van der Waals surface area contributed by atoms with Gasteiger partial charge in [0.15, 0.2) is 12.5 Å². The fourth-order valence-corrected chi connectivity index (χ4v) is 6.48. The van der Waals surface area contributed by atoms with Crippen LogP contribution in [0.3, 0.4) is 0 Å². The molecule has 1 aromatic heterocycles. The molecule has 0 aromatic carbocycles. The van der Waals surface area contributed by atoms with E-state index in [-0.39, 0.29) is 26.2 Å². The normalized spacial score (nSPS) is 31.6. The quantitative estimate of drug-likeness (QED) is 0.0513. The third-order valence-electron chi connectivity index (χ3n) is 6.78. The standard InChI is InChI=1S/C23H39N3O20P2/c1-39-6-7-41-9-8-40-5-3-15(29)24-16-19(32)17(30)12(10-27)44-22(16)45-48(37,38)46-47(35,36)42-11-13-18(31)20(33)21(43-13)26-4-2-14(28)25-23(26)34/h2,4,12-13,16-22,27,30-33H,3,5-11H2,1H3,(H,24,29)(H,35,36)(H,37,38)(H,25,28,34)/p-2/t12?,13?,16-,17-,18?,19?,20?,21?,22+/m0/s1. The highest BCUT2D eigenvalue weighted by Gasteiger charge is 2.48. The second kappa shape index (κ2) is 18.3. The summed E-state index contributed by atoms with van der Waals surface area (Å²) in [5, 5.41) is 52.9. The summed E-state index contributed by atoms with van der Waals surface area (Å²) in [6.45, 7) is -1.24. The molecule has 11 atom stereocenters. The van der Waals surface area contributed by atoms with Crippen molar-refractivity contribution in [2.45, 2.75) is 61.6 Å². The van der Waals surface area contributed by atoms with E-state index in [0.717, 1.165) is 12.3 Å². The van der Waals surface area contributed by atoms with Gasteiger partial charge in [-0.1, -0.05) is 0 Å². The number of amides is 1. The van der Waals surface area contributed by atoms with E-state index in [1.165, 1.54) is 7.11 Å². The molecule has 2 saturated heterocycles. The molecular weight excluding hydrogens is 700 g/mol. The van der Waals surface area contributed by atoms with E-state index >= 15 is 0 Å². The topological polar surface area (TPSA) is 339 Å². The predicted molar refractivity (Wildman–Crippen MR) is 148 cm³/mol. The van der Waals surface area contributed by atoms with E-state index in [0.29, 0.717) is 17.8 Å². The van der Waals surface area contributed by atoms with E-state index in [2.05, 4.69) is 18.7 Å². The van der Waals surface area contributed by atoms with Crippen LogP contribution in [0.25, 0.3) is 0 Å². The number of aromatic nitrogens is 2. The average molecular weight is 737 g/mol. The van der Waals surface area contributed by atoms with Crippen molar-refractivity contribution in [3.8, 4) is 0 Å². The molecule has 0 spiro atoms. The van der Waals surface area contributed by atoms with Crippen molar-refractivity contribution < 1.29 is 86.3 Å². The molecule has 1 aromatic rings. The van der Waals surface area contributed by atoms with Gasteiger partial charge in [0.2, 0.25) is 5.91 Å². The van der Waals surface area contributed by atoms with Crippen molar-refractivity contribution in [1.82, 2.24) is 14.9 Å². The van der Waals surface area contributed by atoms with Gasteiger partial charge in [0.1, 0.15) is 42.7 Å². The lowest BCUT2D eigenvalue weighted by Gasteiger charge is -2.44. The molecule has 3 rings (SSSR count). The Balaban J connectivity index is 1.58. The van der Waals surface area contributed by atoms with Crippen LogP contribution in [0.15, 0.2) is 21.9 Å². The molecule has 48 heavy (non-hydrogen) atoms. The minimum atomic E-state index is -6.03. The molecule has 2 fully saturated rings. The Morgan fingerprint density at radius 2 is 1.60 bits per heavy atom. The number of nitrogens with one attached hydrogen (secondary N) is 2. The van der Waals surface area contributed by atoms with Crippen molar-refractivity contribution >= 4 is 21.6 Å². The lowest BCUT2D eigenvalue weighted by atomic mass is 9.97. The monoisotopic (exact) mass is 737 g/mol. The zero-order chi connectivity index (χ0) is 35.6. The van der Waals surface area contributed by atoms with Crippen molar-refractivity contribution in [3.05, 3.63) is 33.1 Å². The van der Waals surface area contributed by atoms with Crippen molar-refractivity contribution in [2.24, 2.45) is 0 Å². The van der Waals surface area contributed by atoms with Gasteiger partial charge < -0.3 is 68.8 Å². The summed E-state index contributed by atoms with van der Waals surface area (Å²) in [6, 6.07) is -0.936. The third kappa shape index (κ3) is 11.5. The van der Waals surface area contributed by atoms with Crippen LogP contribution >= 0.6 is 15.6 Å². The lowest BCUT2D eigenvalue weighted by molar-refractivity contribution is -0.285. The molecule has 0 aliphatic carbocycles. The van der Waals surface area contributed by atoms with Crippen LogP contribution in [0.4, 0.5) is 0 Å². The third-order valence-corrected chi connectivity index (χ3v) is 9.31. The number of aliphatic hydroxyl groups excluding tert-OH is 5. The number of carbonyl (C=O) groups is 1. The molecule has 2 aliphatic rings. The van der Waals surface area contributed by atoms with Gasteiger partial charge in [0.05, 0.1) is 46.2 Å². The molecule has 3 heterocycles. The highest BCUT2D eigenvalue weighted by molar-refractivity contribution is 7.59. The van der Waals surface area contributed by atoms with Crippen LogP contribution in [-0.4, -0.2) is 143 Å². The second-order valence-corrected chi connectivity index (χ2v) is 13.1. The zero-order valence-corrected chi connectivity index (χ0v) is 27.0. The van der Waals surface area contributed by atoms with Crippen LogP contribution in [-0.2, 0) is 51.0 Å². The van der Waals surface area contributed by atoms with Crippen LogP contribution in [0.2, 0.25) is 0 Å². The number of aromatic amines is 1. The van der Waals surface area contributed by atoms with Gasteiger partial charge in [-0.25, -0.2) is 9.11 Å². The number of hydrogen-bond donors (Lipinski definition) is 7. The van der Waals surface area contributed by atoms with Gasteiger partial charge in [0, 0.05) is 25.8 Å². The van der Waals surface area contributed by atoms with Gasteiger partial charge in [-0.05, 0) is 0 Å². The minimum absolute atomic E-state index is 0.116. The fourth-order valence-electron chi connectivity index (χ4n) is 4.39. The number of ether oxygens (including phenoxy) is 5. The molecule has 7 N–H and O–H groups in total. The first kappa shape index (κ1) is 40.4. The Morgan fingerprint density at radius 1 is 0.958 bits per heavy atom. The first-order chi connectivity index (χ1) is 22.6. The van der Waals surface area contributed by atoms with Crippen LogP contribution in [0, 0.1) is 0 Å². The molecule has 1 amide bonds. The highest BCUT2D eigenvalue weighted by Crippen LogP contribution is 2.57. The first-order valence-electron chi connectivity index (χ1n) is 14.1. The summed E-state index contributed by atoms with van der Waals surface area (Å²) >= 11 is 0. The Morgan fingerprint density at radius 3 is 2.25 bits per heavy atom. The van der Waals surface area contributed by atoms with Crippen molar-refractivity contribution in [3.63, 3.8) is 0 Å². The van der Waals surface area contributed by atoms with E-state index in [4.69, 9.17) is 23.7 Å². The summed E-state index contributed by atoms with van der Waals surface area (Å²) in [5.74, 6) is -0.842. The summed E-state index contributed by atoms with van der Waals surface area (Å²) in [5.41, 5.74) is -1.81. The Bertz CT molecular complexity index is 1390. The van der Waals surface area contributed by atoms with Gasteiger partial charge in [0.25, 0.3) is 21.2 Å². The van der Waals surface area contributed by atoms with Crippen LogP contribution in [0.1, 0.15) is 12.6 Å². The smallest absolute Gasteiger partial charge is 0.330 e. The molecule has 23 nitrogen and oxygen atoms in total. The predicted octanol–water partition coefficient (Wildman–Crippen LogP) is -5.86. The van der Waals surface area contributed by atoms with Crippen molar-refractivity contribution in [2.75, 3.05) is 53.4 Å². The Labute approximate surface area is 271 Å². The maximum absolute atomic E-state index is 12.6. The molecule has 8 unspecified atom stereocenters. The number of carbonyl (C=O) groups excluding carboxylic acids is 1. The molecule has 0 bridgehead atoms. The second-order valence-electron chi connectivity index (χ2n) is 10.2. The number of phosphoric ester groups is 2. The first-order valence-corrected chi connectivity index (χ1v) is 17.1. The van der Waals surface area contributed by atoms with E-state index in [1.807, 2.05) is 4.98 Å². The molecule has 0 saturated carbocycles. The number of methoxy groups -OCH3 is 1. The number of hydrogen-bond acceptors (Lipinski definition) is 20. The number of phosphoric acid groups is 2. The van der Waals surface area contributed by atoms with Gasteiger partial charge >= 0.3 is 5.69 Å². The number of rotatable bonds is 19. The number of H-pyrrole nitrogens is 1. The van der Waals surface area contributed by atoms with Crippen LogP contribution in [0.5, 0.6) is 0 Å². The molecule has 0 radical (unpaired) electrons. The van der Waals surface area contributed by atoms with E-state index in [1.54, 1.807) is 0 Å². The zero-order valence-electron chi connectivity index (χ0n) is 25.2. The molecular formula is C23H37N3O20P2-2. The average Bonchev–Trinajstić information content (AvgIpc) is 3.29. The minimum Gasteiger partial charge on any atom is -0.756 e. The lowest BCUT2D eigenvalue weighted by Crippen LogP contribution is -2.64. The largest absolute Gasteiger partial charge is 0.756 e. The Hall–Kier alpha value is -1.99. The summed E-state index contributed by atoms with van der Waals surface area (Å²) in [6.07, 6.45) is -14.1. The molecule has 2 aliphatic heterocycles. The number of aliphatic hydroxyl groups is 5. The van der Waals surface area contributed by atoms with Gasteiger partial charge in [-0.15, -0.1) is 0 Å². The molecule has 276 valence electrons. The maximum Gasteiger partial charge on any atom is 0.330 e. The fraction of sp³-hybridized carbons (Fsp3) is 0.783. The summed E-state index contributed by atoms with van der Waals surface area (Å²) < 4.78 is 64.4. The number of nitrogens with zero attached hydrogens (tertiary/aromatic N) is 1. The Kier molecular flexibility index (Phi) is 15.4. The van der Waals surface area contributed by atoms with Gasteiger partial charge in [-0.3, -0.25) is 32.8 Å². The van der Waals surface area contributed by atoms with Crippen molar-refractivity contribution in [1.29, 1.82) is 0 Å². The highest BCUT2D eigenvalue weighted by atomic mass is 31.3. The van der Waals surface area contributed by atoms with E-state index < -0.39 is 101 Å². The SMILES string of the molecule is COCCOCCOCCC(=O)N[C@H]1C(O)[C@@H](O)C(CO)O[C@@H]1OP(=O)([O-])OP(=O)([O-])OCC1OC(n2ccc(=O)[nH]c2=O)C(O)C1O. The van der Waals surface area contributed by atoms with Crippen LogP contribution < -0.4 is 26.4 Å². The maximum atomic E-state index is 12.6. The molecule has 25 heteroatoms.